The Morgan fingerprint density at radius 1 is 0.662 bits per heavy atom. The normalized spacial score (nSPS) is 26.2. The molecule has 4 aliphatic rings. The molecule has 0 radical (unpaired) electrons. The molecule has 0 aromatic heterocycles. The number of hydrogen-bond donors (Lipinski definition) is 0. The summed E-state index contributed by atoms with van der Waals surface area (Å²) in [6.45, 7) is 16.2. The highest BCUT2D eigenvalue weighted by atomic mass is 16.6. The SMILES string of the molecule is C=CCCCCCCCCC(=O)Oc1ccc(C(=O)Oc2ccc(OC(=O)CCCCC(=O)O[C@H]3CC[C@@]4(C)C(=CC[C@H]5[C@@H]6CC[C@H]([C@H](C)CCCC(C)C)[C@@]6(C)CC[C@@H]54)C3)cc2)cc1. The maximum Gasteiger partial charge on any atom is 0.343 e. The lowest BCUT2D eigenvalue weighted by Gasteiger charge is -2.58. The summed E-state index contributed by atoms with van der Waals surface area (Å²) in [5, 5.41) is 0. The first-order valence-electron chi connectivity index (χ1n) is 25.6. The van der Waals surface area contributed by atoms with Gasteiger partial charge in [-0.25, -0.2) is 4.79 Å². The minimum Gasteiger partial charge on any atom is -0.462 e. The van der Waals surface area contributed by atoms with Gasteiger partial charge in [0.25, 0.3) is 0 Å². The Hall–Kier alpha value is -4.20. The zero-order valence-electron chi connectivity index (χ0n) is 40.6. The largest absolute Gasteiger partial charge is 0.462 e. The van der Waals surface area contributed by atoms with E-state index in [9.17, 15) is 19.2 Å². The molecule has 3 fully saturated rings. The summed E-state index contributed by atoms with van der Waals surface area (Å²) in [6, 6.07) is 12.6. The van der Waals surface area contributed by atoms with E-state index in [1.807, 2.05) is 6.08 Å². The quantitative estimate of drug-likeness (QED) is 0.0444. The molecule has 356 valence electrons. The van der Waals surface area contributed by atoms with Gasteiger partial charge in [-0.3, -0.25) is 14.4 Å². The molecular weight excluding hydrogens is 813 g/mol. The molecular formula is C57H80O8. The molecule has 2 aromatic carbocycles. The molecule has 2 aromatic rings. The molecule has 0 saturated heterocycles. The third-order valence-corrected chi connectivity index (χ3v) is 16.2. The molecule has 8 nitrogen and oxygen atoms in total. The van der Waals surface area contributed by atoms with Gasteiger partial charge in [0.15, 0.2) is 0 Å². The first-order valence-corrected chi connectivity index (χ1v) is 25.6. The van der Waals surface area contributed by atoms with Crippen molar-refractivity contribution >= 4 is 23.9 Å². The maximum atomic E-state index is 13.0. The zero-order valence-corrected chi connectivity index (χ0v) is 40.6. The summed E-state index contributed by atoms with van der Waals surface area (Å²) in [6.07, 6.45) is 27.5. The Kier molecular flexibility index (Phi) is 18.5. The van der Waals surface area contributed by atoms with Gasteiger partial charge in [0.05, 0.1) is 5.56 Å². The standard InChI is InChI=1S/C57H80O8/c1-7-8-9-10-11-12-13-14-20-52(58)62-44-26-23-42(24-27-44)55(61)65-46-30-28-45(29-31-46)63-53(59)21-15-16-22-54(60)64-47-35-37-56(5)43(39-47)25-32-48-50-34-33-49(41(4)19-17-18-40(2)3)57(50,6)38-36-51(48)56/h7,23-31,40-41,47-51H,1,8-22,32-39H2,2-6H3/t41-,47+,48+,49-,50+,51+,56+,57-/m1/s1. The molecule has 0 spiro atoms. The van der Waals surface area contributed by atoms with Gasteiger partial charge in [-0.1, -0.05) is 97.3 Å². The van der Waals surface area contributed by atoms with Crippen LogP contribution < -0.4 is 14.2 Å². The molecule has 0 amide bonds. The van der Waals surface area contributed by atoms with E-state index in [1.165, 1.54) is 76.2 Å². The average molecular weight is 893 g/mol. The van der Waals surface area contributed by atoms with Crippen molar-refractivity contribution in [2.45, 2.75) is 188 Å². The van der Waals surface area contributed by atoms with Crippen LogP contribution in [0.5, 0.6) is 17.2 Å². The molecule has 3 saturated carbocycles. The number of esters is 4. The van der Waals surface area contributed by atoms with Gasteiger partial charge in [-0.05, 0) is 172 Å². The zero-order chi connectivity index (χ0) is 46.4. The summed E-state index contributed by atoms with van der Waals surface area (Å²) >= 11 is 0. The van der Waals surface area contributed by atoms with Crippen molar-refractivity contribution in [1.82, 2.24) is 0 Å². The predicted molar refractivity (Wildman–Crippen MR) is 258 cm³/mol. The molecule has 0 unspecified atom stereocenters. The van der Waals surface area contributed by atoms with Crippen LogP contribution >= 0.6 is 0 Å². The van der Waals surface area contributed by atoms with Gasteiger partial charge in [0, 0.05) is 25.7 Å². The lowest BCUT2D eigenvalue weighted by molar-refractivity contribution is -0.152. The van der Waals surface area contributed by atoms with Gasteiger partial charge >= 0.3 is 23.9 Å². The molecule has 0 aliphatic heterocycles. The van der Waals surface area contributed by atoms with Gasteiger partial charge in [0.1, 0.15) is 23.4 Å². The molecule has 8 heteroatoms. The summed E-state index contributed by atoms with van der Waals surface area (Å²) in [5.74, 6) is 4.45. The number of benzene rings is 2. The number of ether oxygens (including phenoxy) is 4. The second kappa shape index (κ2) is 24.0. The van der Waals surface area contributed by atoms with Crippen LogP contribution in [0, 0.1) is 46.3 Å². The Bertz CT molecular complexity index is 1910. The van der Waals surface area contributed by atoms with Crippen LogP contribution in [-0.2, 0) is 19.1 Å². The number of rotatable bonds is 24. The van der Waals surface area contributed by atoms with Crippen LogP contribution in [0.2, 0.25) is 0 Å². The Morgan fingerprint density at radius 3 is 1.89 bits per heavy atom. The van der Waals surface area contributed by atoms with Crippen LogP contribution in [0.1, 0.15) is 193 Å². The highest BCUT2D eigenvalue weighted by molar-refractivity contribution is 5.91. The third kappa shape index (κ3) is 13.7. The monoisotopic (exact) mass is 893 g/mol. The summed E-state index contributed by atoms with van der Waals surface area (Å²) in [4.78, 5) is 50.6. The Morgan fingerprint density at radius 2 is 1.25 bits per heavy atom. The number of carbonyl (C=O) groups excluding carboxylic acids is 4. The van der Waals surface area contributed by atoms with Crippen molar-refractivity contribution in [2.24, 2.45) is 46.3 Å². The van der Waals surface area contributed by atoms with Gasteiger partial charge in [-0.2, -0.15) is 0 Å². The minimum absolute atomic E-state index is 0.0635. The van der Waals surface area contributed by atoms with E-state index in [1.54, 1.807) is 48.5 Å². The van der Waals surface area contributed by atoms with Gasteiger partial charge in [-0.15, -0.1) is 6.58 Å². The number of allylic oxidation sites excluding steroid dienone is 2. The number of fused-ring (bicyclic) bond motifs is 5. The highest BCUT2D eigenvalue weighted by Crippen LogP contribution is 2.67. The lowest BCUT2D eigenvalue weighted by atomic mass is 9.47. The van der Waals surface area contributed by atoms with Crippen LogP contribution in [0.3, 0.4) is 0 Å². The second-order valence-corrected chi connectivity index (χ2v) is 21.1. The number of hydrogen-bond acceptors (Lipinski definition) is 8. The van der Waals surface area contributed by atoms with Crippen molar-refractivity contribution in [3.05, 3.63) is 78.4 Å². The van der Waals surface area contributed by atoms with Crippen molar-refractivity contribution in [1.29, 1.82) is 0 Å². The maximum absolute atomic E-state index is 13.0. The summed E-state index contributed by atoms with van der Waals surface area (Å²) in [7, 11) is 0. The molecule has 8 atom stereocenters. The van der Waals surface area contributed by atoms with E-state index >= 15 is 0 Å². The van der Waals surface area contributed by atoms with Gasteiger partial charge < -0.3 is 18.9 Å². The second-order valence-electron chi connectivity index (χ2n) is 21.1. The van der Waals surface area contributed by atoms with E-state index in [2.05, 4.69) is 47.3 Å². The molecule has 0 N–H and O–H groups in total. The fraction of sp³-hybridized carbons (Fsp3) is 0.649. The topological polar surface area (TPSA) is 105 Å². The highest BCUT2D eigenvalue weighted by Gasteiger charge is 2.59. The van der Waals surface area contributed by atoms with Crippen molar-refractivity contribution in [3.8, 4) is 17.2 Å². The van der Waals surface area contributed by atoms with Gasteiger partial charge in [0.2, 0.25) is 0 Å². The van der Waals surface area contributed by atoms with Crippen LogP contribution in [-0.4, -0.2) is 30.0 Å². The Labute approximate surface area is 391 Å². The number of unbranched alkanes of at least 4 members (excludes halogenated alkanes) is 7. The first-order chi connectivity index (χ1) is 31.3. The molecule has 6 rings (SSSR count). The van der Waals surface area contributed by atoms with E-state index in [0.29, 0.717) is 47.5 Å². The lowest BCUT2D eigenvalue weighted by Crippen LogP contribution is -2.51. The predicted octanol–water partition coefficient (Wildman–Crippen LogP) is 14.5. The fourth-order valence-corrected chi connectivity index (χ4v) is 12.6. The molecule has 0 heterocycles. The van der Waals surface area contributed by atoms with Crippen molar-refractivity contribution in [2.75, 3.05) is 0 Å². The first kappa shape index (κ1) is 50.2. The van der Waals surface area contributed by atoms with E-state index in [-0.39, 0.29) is 42.3 Å². The minimum atomic E-state index is -0.563. The molecule has 0 bridgehead atoms. The van der Waals surface area contributed by atoms with Crippen molar-refractivity contribution < 1.29 is 38.1 Å². The molecule has 65 heavy (non-hydrogen) atoms. The van der Waals surface area contributed by atoms with Crippen LogP contribution in [0.4, 0.5) is 0 Å². The average Bonchev–Trinajstić information content (AvgIpc) is 3.64. The number of carbonyl (C=O) groups is 4. The van der Waals surface area contributed by atoms with Crippen molar-refractivity contribution in [3.63, 3.8) is 0 Å². The van der Waals surface area contributed by atoms with E-state index in [4.69, 9.17) is 18.9 Å². The van der Waals surface area contributed by atoms with Crippen LogP contribution in [0.15, 0.2) is 72.8 Å². The fourth-order valence-electron chi connectivity index (χ4n) is 12.6. The Balaban J connectivity index is 0.848. The summed E-state index contributed by atoms with van der Waals surface area (Å²) < 4.78 is 22.5. The smallest absolute Gasteiger partial charge is 0.343 e. The van der Waals surface area contributed by atoms with E-state index in [0.717, 1.165) is 80.5 Å². The molecule has 4 aliphatic carbocycles. The third-order valence-electron chi connectivity index (χ3n) is 16.2. The van der Waals surface area contributed by atoms with Crippen LogP contribution in [0.25, 0.3) is 0 Å². The van der Waals surface area contributed by atoms with E-state index < -0.39 is 5.97 Å². The summed E-state index contributed by atoms with van der Waals surface area (Å²) in [5.41, 5.74) is 2.54.